The van der Waals surface area contributed by atoms with E-state index in [0.717, 1.165) is 0 Å². The van der Waals surface area contributed by atoms with Crippen molar-refractivity contribution in [1.82, 2.24) is 0 Å². The summed E-state index contributed by atoms with van der Waals surface area (Å²) in [7, 11) is 3.72. The molecule has 76 valence electrons. The molecule has 0 aliphatic rings. The molecule has 2 radical (unpaired) electrons. The van der Waals surface area contributed by atoms with Gasteiger partial charge in [0.25, 0.3) is 0 Å². The third kappa shape index (κ3) is 2.47. The van der Waals surface area contributed by atoms with Crippen LogP contribution in [0.2, 0.25) is 5.82 Å². The van der Waals surface area contributed by atoms with Gasteiger partial charge in [0.1, 0.15) is 0 Å². The first-order valence-electron chi connectivity index (χ1n) is 2.67. The van der Waals surface area contributed by atoms with E-state index in [1.54, 1.807) is 0 Å². The van der Waals surface area contributed by atoms with Crippen molar-refractivity contribution in [3.8, 4) is 0 Å². The molecular formula is C4HBF8. The Morgan fingerprint density at radius 2 is 1.08 bits per heavy atom. The zero-order chi connectivity index (χ0) is 11.1. The molecule has 0 N–H and O–H groups in total. The third-order valence-corrected chi connectivity index (χ3v) is 1.12. The number of hydrogen-bond donors (Lipinski definition) is 0. The largest absolute Gasteiger partial charge is 0.453 e. The molecule has 0 aromatic rings. The smallest absolute Gasteiger partial charge is 0.197 e. The molecule has 0 aliphatic heterocycles. The van der Waals surface area contributed by atoms with Crippen molar-refractivity contribution in [2.45, 2.75) is 24.1 Å². The molecule has 0 spiro atoms. The second-order valence-corrected chi connectivity index (χ2v) is 2.14. The van der Waals surface area contributed by atoms with E-state index in [1.807, 2.05) is 0 Å². The third-order valence-electron chi connectivity index (χ3n) is 1.12. The molecule has 0 aromatic carbocycles. The zero-order valence-electron chi connectivity index (χ0n) is 5.68. The summed E-state index contributed by atoms with van der Waals surface area (Å²) < 4.78 is 91.7. The van der Waals surface area contributed by atoms with Crippen molar-refractivity contribution in [1.29, 1.82) is 0 Å². The summed E-state index contributed by atoms with van der Waals surface area (Å²) in [4.78, 5) is 0. The standard InChI is InChI=1S/C4HBF8/c5-1(3(8,9)10)2(6,7)4(11,12)13/h1H. The Balaban J connectivity index is 4.86. The van der Waals surface area contributed by atoms with E-state index >= 15 is 0 Å². The van der Waals surface area contributed by atoms with Crippen LogP contribution in [-0.2, 0) is 0 Å². The molecular weight excluding hydrogens is 211 g/mol. The van der Waals surface area contributed by atoms with Crippen molar-refractivity contribution < 1.29 is 35.1 Å². The van der Waals surface area contributed by atoms with Gasteiger partial charge in [-0.1, -0.05) is 0 Å². The maximum atomic E-state index is 11.9. The van der Waals surface area contributed by atoms with Gasteiger partial charge in [0.2, 0.25) is 0 Å². The molecule has 0 nitrogen and oxygen atoms in total. The Kier molecular flexibility index (Phi) is 2.90. The highest BCUT2D eigenvalue weighted by Gasteiger charge is 2.66. The van der Waals surface area contributed by atoms with Gasteiger partial charge in [-0.2, -0.15) is 35.1 Å². The van der Waals surface area contributed by atoms with Gasteiger partial charge < -0.3 is 0 Å². The molecule has 0 fully saturated rings. The summed E-state index contributed by atoms with van der Waals surface area (Å²) in [5, 5.41) is 0. The van der Waals surface area contributed by atoms with Gasteiger partial charge in [-0.25, -0.2) is 0 Å². The van der Waals surface area contributed by atoms with Gasteiger partial charge in [-0.05, 0) is 0 Å². The van der Waals surface area contributed by atoms with Crippen LogP contribution in [0.1, 0.15) is 0 Å². The Morgan fingerprint density at radius 1 is 0.769 bits per heavy atom. The maximum Gasteiger partial charge on any atom is 0.453 e. The van der Waals surface area contributed by atoms with Gasteiger partial charge in [0.05, 0.1) is 13.7 Å². The lowest BCUT2D eigenvalue weighted by Crippen LogP contribution is -2.46. The van der Waals surface area contributed by atoms with E-state index in [9.17, 15) is 35.1 Å². The van der Waals surface area contributed by atoms with E-state index in [2.05, 4.69) is 7.85 Å². The molecule has 1 atom stereocenters. The van der Waals surface area contributed by atoms with Crippen LogP contribution in [0.4, 0.5) is 35.1 Å². The predicted molar refractivity (Wildman–Crippen MR) is 26.6 cm³/mol. The van der Waals surface area contributed by atoms with Crippen LogP contribution in [-0.4, -0.2) is 26.1 Å². The summed E-state index contributed by atoms with van der Waals surface area (Å²) in [6.45, 7) is 0. The predicted octanol–water partition coefficient (Wildman–Crippen LogP) is 2.70. The van der Waals surface area contributed by atoms with Crippen molar-refractivity contribution in [2.24, 2.45) is 0 Å². The highest BCUT2D eigenvalue weighted by Crippen LogP contribution is 2.49. The maximum absolute atomic E-state index is 11.9. The summed E-state index contributed by atoms with van der Waals surface area (Å²) >= 11 is 0. The van der Waals surface area contributed by atoms with Crippen molar-refractivity contribution in [3.05, 3.63) is 0 Å². The Morgan fingerprint density at radius 3 is 1.15 bits per heavy atom. The first-order valence-corrected chi connectivity index (χ1v) is 2.67. The molecule has 0 saturated heterocycles. The number of halogens is 8. The average Bonchev–Trinajstić information content (AvgIpc) is 1.81. The quantitative estimate of drug-likeness (QED) is 0.462. The Bertz CT molecular complexity index is 178. The van der Waals surface area contributed by atoms with E-state index in [-0.39, 0.29) is 0 Å². The molecule has 9 heteroatoms. The second-order valence-electron chi connectivity index (χ2n) is 2.14. The lowest BCUT2D eigenvalue weighted by Gasteiger charge is -2.27. The minimum atomic E-state index is -6.30. The summed E-state index contributed by atoms with van der Waals surface area (Å²) in [6.07, 6.45) is -12.1. The molecule has 0 aromatic heterocycles. The van der Waals surface area contributed by atoms with Gasteiger partial charge in [-0.15, -0.1) is 0 Å². The van der Waals surface area contributed by atoms with Gasteiger partial charge in [0, 0.05) is 0 Å². The van der Waals surface area contributed by atoms with Crippen molar-refractivity contribution in [3.63, 3.8) is 0 Å². The van der Waals surface area contributed by atoms with E-state index in [1.165, 1.54) is 0 Å². The lowest BCUT2D eigenvalue weighted by atomic mass is 9.80. The van der Waals surface area contributed by atoms with Gasteiger partial charge in [-0.3, -0.25) is 0 Å². The highest BCUT2D eigenvalue weighted by molar-refractivity contribution is 6.13. The number of hydrogen-bond acceptors (Lipinski definition) is 0. The molecule has 0 heterocycles. The molecule has 1 unspecified atom stereocenters. The molecule has 0 saturated carbocycles. The molecule has 0 aliphatic carbocycles. The van der Waals surface area contributed by atoms with Crippen molar-refractivity contribution >= 4 is 7.85 Å². The van der Waals surface area contributed by atoms with Crippen LogP contribution in [0.3, 0.4) is 0 Å². The van der Waals surface area contributed by atoms with Crippen LogP contribution >= 0.6 is 0 Å². The fourth-order valence-electron chi connectivity index (χ4n) is 0.382. The summed E-state index contributed by atoms with van der Waals surface area (Å²) in [6, 6.07) is 0. The van der Waals surface area contributed by atoms with E-state index in [0.29, 0.717) is 0 Å². The van der Waals surface area contributed by atoms with Gasteiger partial charge in [0.15, 0.2) is 0 Å². The average molecular weight is 212 g/mol. The Labute approximate surface area is 68.3 Å². The minimum absolute atomic E-state index is 3.72. The number of rotatable bonds is 1. The van der Waals surface area contributed by atoms with Crippen LogP contribution in [0.5, 0.6) is 0 Å². The Hall–Kier alpha value is -0.495. The second kappa shape index (κ2) is 3.02. The topological polar surface area (TPSA) is 0 Å². The minimum Gasteiger partial charge on any atom is -0.197 e. The summed E-state index contributed by atoms with van der Waals surface area (Å²) in [5.41, 5.74) is 0. The fraction of sp³-hybridized carbons (Fsp3) is 1.00. The zero-order valence-corrected chi connectivity index (χ0v) is 5.68. The lowest BCUT2D eigenvalue weighted by molar-refractivity contribution is -0.312. The first-order chi connectivity index (χ1) is 5.40. The molecule has 0 rings (SSSR count). The molecule has 0 amide bonds. The van der Waals surface area contributed by atoms with E-state index < -0.39 is 24.1 Å². The SMILES string of the molecule is [B]C(C(F)(F)F)C(F)(F)C(F)(F)F. The highest BCUT2D eigenvalue weighted by atomic mass is 19.4. The van der Waals surface area contributed by atoms with E-state index in [4.69, 9.17) is 0 Å². The van der Waals surface area contributed by atoms with Crippen molar-refractivity contribution in [2.75, 3.05) is 0 Å². The normalized spacial score (nSPS) is 17.2. The van der Waals surface area contributed by atoms with Crippen LogP contribution < -0.4 is 0 Å². The fourth-order valence-corrected chi connectivity index (χ4v) is 0.382. The van der Waals surface area contributed by atoms with Crippen LogP contribution in [0.25, 0.3) is 0 Å². The van der Waals surface area contributed by atoms with Gasteiger partial charge >= 0.3 is 18.3 Å². The summed E-state index contributed by atoms with van der Waals surface area (Å²) in [5.74, 6) is -10.2. The molecule has 13 heavy (non-hydrogen) atoms. The monoisotopic (exact) mass is 212 g/mol. The number of alkyl halides is 8. The van der Waals surface area contributed by atoms with Crippen LogP contribution in [0, 0.1) is 0 Å². The first kappa shape index (κ1) is 12.5. The van der Waals surface area contributed by atoms with Crippen LogP contribution in [0.15, 0.2) is 0 Å². The molecule has 0 bridgehead atoms.